The molecule has 0 amide bonds. The first-order valence-corrected chi connectivity index (χ1v) is 9.28. The second-order valence-corrected chi connectivity index (χ2v) is 7.08. The van der Waals surface area contributed by atoms with Gasteiger partial charge in [-0.2, -0.15) is 10.4 Å². The van der Waals surface area contributed by atoms with Crippen LogP contribution >= 0.6 is 0 Å². The first-order valence-electron chi connectivity index (χ1n) is 9.28. The van der Waals surface area contributed by atoms with E-state index in [-0.39, 0.29) is 18.8 Å². The van der Waals surface area contributed by atoms with Crippen LogP contribution in [0.1, 0.15) is 26.0 Å². The van der Waals surface area contributed by atoms with Crippen molar-refractivity contribution in [2.45, 2.75) is 37.9 Å². The molecule has 0 radical (unpaired) electrons. The Bertz CT molecular complexity index is 1060. The SMILES string of the molecule is COC(=O)OC[C@H]1C[C@@](C#N)(c2ccc3c(N)ncnn23)[C@H](OC(C)=O)[C@@H]1OC(C)=O. The molecule has 0 unspecified atom stereocenters. The largest absolute Gasteiger partial charge is 0.507 e. The number of anilines is 1. The molecule has 1 aliphatic rings. The zero-order valence-electron chi connectivity index (χ0n) is 17.1. The third-order valence-electron chi connectivity index (χ3n) is 5.15. The fourth-order valence-corrected chi connectivity index (χ4v) is 3.96. The predicted molar refractivity (Wildman–Crippen MR) is 102 cm³/mol. The number of rotatable bonds is 5. The van der Waals surface area contributed by atoms with E-state index in [0.717, 1.165) is 7.11 Å². The van der Waals surface area contributed by atoms with E-state index in [1.807, 2.05) is 0 Å². The molecule has 12 heteroatoms. The number of ether oxygens (including phenoxy) is 4. The Labute approximate surface area is 176 Å². The molecule has 2 heterocycles. The minimum atomic E-state index is -1.48. The van der Waals surface area contributed by atoms with Gasteiger partial charge in [-0.15, -0.1) is 0 Å². The average Bonchev–Trinajstić information content (AvgIpc) is 3.27. The number of carbonyl (C=O) groups excluding carboxylic acids is 3. The summed E-state index contributed by atoms with van der Waals surface area (Å²) in [5.74, 6) is -1.80. The van der Waals surface area contributed by atoms with Crippen LogP contribution in [0.4, 0.5) is 10.6 Å². The quantitative estimate of drug-likeness (QED) is 0.523. The lowest BCUT2D eigenvalue weighted by Crippen LogP contribution is -2.45. The van der Waals surface area contributed by atoms with Gasteiger partial charge in [0.05, 0.1) is 18.9 Å². The first-order chi connectivity index (χ1) is 14.7. The van der Waals surface area contributed by atoms with Crippen molar-refractivity contribution < 1.29 is 33.3 Å². The summed E-state index contributed by atoms with van der Waals surface area (Å²) in [6.07, 6.45) is -1.93. The molecule has 0 saturated heterocycles. The summed E-state index contributed by atoms with van der Waals surface area (Å²) in [5, 5.41) is 14.5. The zero-order chi connectivity index (χ0) is 22.8. The van der Waals surface area contributed by atoms with Gasteiger partial charge >= 0.3 is 18.1 Å². The highest BCUT2D eigenvalue weighted by atomic mass is 16.7. The molecule has 1 fully saturated rings. The van der Waals surface area contributed by atoms with E-state index >= 15 is 0 Å². The number of aromatic nitrogens is 3. The van der Waals surface area contributed by atoms with Crippen molar-refractivity contribution in [3.05, 3.63) is 24.2 Å². The molecule has 1 saturated carbocycles. The average molecular weight is 431 g/mol. The van der Waals surface area contributed by atoms with Gasteiger partial charge in [-0.3, -0.25) is 9.59 Å². The maximum Gasteiger partial charge on any atom is 0.507 e. The molecular formula is C19H21N5O7. The molecule has 2 N–H and O–H groups in total. The van der Waals surface area contributed by atoms with Gasteiger partial charge in [0.15, 0.2) is 11.9 Å². The van der Waals surface area contributed by atoms with E-state index < -0.39 is 41.6 Å². The summed E-state index contributed by atoms with van der Waals surface area (Å²) in [6, 6.07) is 5.47. The van der Waals surface area contributed by atoms with E-state index in [4.69, 9.17) is 19.9 Å². The van der Waals surface area contributed by atoms with E-state index in [1.54, 1.807) is 12.1 Å². The summed E-state index contributed by atoms with van der Waals surface area (Å²) in [5.41, 5.74) is 5.24. The third kappa shape index (κ3) is 3.94. The number of methoxy groups -OCH3 is 1. The summed E-state index contributed by atoms with van der Waals surface area (Å²) >= 11 is 0. The summed E-state index contributed by atoms with van der Waals surface area (Å²) < 4.78 is 21.9. The van der Waals surface area contributed by atoms with Crippen LogP contribution in [0.3, 0.4) is 0 Å². The second-order valence-electron chi connectivity index (χ2n) is 7.08. The Morgan fingerprint density at radius 2 is 2.00 bits per heavy atom. The highest BCUT2D eigenvalue weighted by Gasteiger charge is 2.60. The molecule has 0 bridgehead atoms. The predicted octanol–water partition coefficient (Wildman–Crippen LogP) is 0.739. The highest BCUT2D eigenvalue weighted by Crippen LogP contribution is 2.47. The Morgan fingerprint density at radius 3 is 2.61 bits per heavy atom. The van der Waals surface area contributed by atoms with Crippen LogP contribution in [0.5, 0.6) is 0 Å². The number of hydrogen-bond donors (Lipinski definition) is 1. The number of esters is 2. The van der Waals surface area contributed by atoms with Gasteiger partial charge in [0.1, 0.15) is 30.0 Å². The van der Waals surface area contributed by atoms with Crippen molar-refractivity contribution in [1.29, 1.82) is 5.26 Å². The molecule has 3 rings (SSSR count). The van der Waals surface area contributed by atoms with Crippen LogP contribution < -0.4 is 5.73 Å². The van der Waals surface area contributed by atoms with E-state index in [0.29, 0.717) is 11.2 Å². The maximum absolute atomic E-state index is 11.9. The van der Waals surface area contributed by atoms with E-state index in [9.17, 15) is 19.6 Å². The number of nitrogen functional groups attached to an aromatic ring is 1. The Kier molecular flexibility index (Phi) is 5.96. The van der Waals surface area contributed by atoms with Crippen LogP contribution in [0.15, 0.2) is 18.5 Å². The number of hydrogen-bond acceptors (Lipinski definition) is 11. The Balaban J connectivity index is 2.14. The number of nitrogens with two attached hydrogens (primary N) is 1. The van der Waals surface area contributed by atoms with Crippen LogP contribution in [-0.2, 0) is 34.0 Å². The van der Waals surface area contributed by atoms with Crippen molar-refractivity contribution in [3.63, 3.8) is 0 Å². The lowest BCUT2D eigenvalue weighted by molar-refractivity contribution is -0.168. The molecule has 0 aliphatic heterocycles. The lowest BCUT2D eigenvalue weighted by atomic mass is 9.81. The molecule has 12 nitrogen and oxygen atoms in total. The van der Waals surface area contributed by atoms with Gasteiger partial charge in [-0.05, 0) is 18.6 Å². The normalized spacial score (nSPS) is 24.9. The van der Waals surface area contributed by atoms with Gasteiger partial charge in [-0.25, -0.2) is 14.3 Å². The van der Waals surface area contributed by atoms with Crippen LogP contribution in [0.2, 0.25) is 0 Å². The fourth-order valence-electron chi connectivity index (χ4n) is 3.96. The van der Waals surface area contributed by atoms with Gasteiger partial charge < -0.3 is 24.7 Å². The summed E-state index contributed by atoms with van der Waals surface area (Å²) in [6.45, 7) is 2.14. The summed E-state index contributed by atoms with van der Waals surface area (Å²) in [4.78, 5) is 39.1. The van der Waals surface area contributed by atoms with Gasteiger partial charge in [0.25, 0.3) is 0 Å². The van der Waals surface area contributed by atoms with Crippen LogP contribution in [-0.4, -0.2) is 58.6 Å². The van der Waals surface area contributed by atoms with Gasteiger partial charge in [-0.1, -0.05) is 0 Å². The molecule has 1 aliphatic carbocycles. The minimum Gasteiger partial charge on any atom is -0.458 e. The minimum absolute atomic E-state index is 0.0341. The molecule has 31 heavy (non-hydrogen) atoms. The number of carbonyl (C=O) groups is 3. The van der Waals surface area contributed by atoms with Crippen LogP contribution in [0, 0.1) is 17.2 Å². The van der Waals surface area contributed by atoms with Gasteiger partial charge in [0.2, 0.25) is 0 Å². The molecular weight excluding hydrogens is 410 g/mol. The number of nitriles is 1. The topological polar surface area (TPSA) is 168 Å². The monoisotopic (exact) mass is 431 g/mol. The molecule has 0 aromatic carbocycles. The zero-order valence-corrected chi connectivity index (χ0v) is 17.1. The lowest BCUT2D eigenvalue weighted by Gasteiger charge is -2.30. The van der Waals surface area contributed by atoms with Crippen molar-refractivity contribution in [1.82, 2.24) is 14.6 Å². The van der Waals surface area contributed by atoms with Crippen molar-refractivity contribution >= 4 is 29.4 Å². The van der Waals surface area contributed by atoms with E-state index in [1.165, 1.54) is 24.7 Å². The molecule has 2 aromatic rings. The van der Waals surface area contributed by atoms with Crippen LogP contribution in [0.25, 0.3) is 5.52 Å². The van der Waals surface area contributed by atoms with Crippen molar-refractivity contribution in [2.75, 3.05) is 19.5 Å². The molecule has 0 spiro atoms. The molecule has 4 atom stereocenters. The smallest absolute Gasteiger partial charge is 0.458 e. The Morgan fingerprint density at radius 1 is 1.29 bits per heavy atom. The number of fused-ring (bicyclic) bond motifs is 1. The first kappa shape index (κ1) is 21.8. The maximum atomic E-state index is 11.9. The van der Waals surface area contributed by atoms with Gasteiger partial charge in [0, 0.05) is 19.8 Å². The fraction of sp³-hybridized carbons (Fsp3) is 0.474. The Hall–Kier alpha value is -3.88. The molecule has 2 aromatic heterocycles. The van der Waals surface area contributed by atoms with E-state index in [2.05, 4.69) is 20.9 Å². The third-order valence-corrected chi connectivity index (χ3v) is 5.15. The second kappa shape index (κ2) is 8.47. The molecule has 164 valence electrons. The highest BCUT2D eigenvalue weighted by molar-refractivity contribution is 5.69. The van der Waals surface area contributed by atoms with Crippen molar-refractivity contribution in [2.24, 2.45) is 5.92 Å². The van der Waals surface area contributed by atoms with Crippen molar-refractivity contribution in [3.8, 4) is 6.07 Å². The summed E-state index contributed by atoms with van der Waals surface area (Å²) in [7, 11) is 1.15. The standard InChI is InChI=1S/C19H21N5O7/c1-10(25)30-15-12(7-29-18(27)28-3)6-19(8-20,16(15)31-11(2)26)14-5-4-13-17(21)22-9-23-24(13)14/h4-5,9,12,15-16H,6-7H2,1-3H3,(H2,21,22,23)/t12-,15-,16-,19-/m1/s1. The number of nitrogens with zero attached hydrogens (tertiary/aromatic N) is 4.